The van der Waals surface area contributed by atoms with Crippen LogP contribution in [0.5, 0.6) is 0 Å². The monoisotopic (exact) mass is 508 g/mol. The van der Waals surface area contributed by atoms with Gasteiger partial charge in [0.2, 0.25) is 0 Å². The molecule has 36 heavy (non-hydrogen) atoms. The number of aliphatic hydroxyl groups is 1. The number of benzene rings is 1. The van der Waals surface area contributed by atoms with Gasteiger partial charge in [-0.05, 0) is 79.1 Å². The molecule has 0 bridgehead atoms. The normalized spacial score (nSPS) is 34.6. The molecule has 8 heteroatoms. The van der Waals surface area contributed by atoms with Crippen LogP contribution in [0.1, 0.15) is 74.2 Å². The van der Waals surface area contributed by atoms with Gasteiger partial charge in [0, 0.05) is 23.8 Å². The average Bonchev–Trinajstić information content (AvgIpc) is 3.11. The molecular weight excluding hydrogens is 479 g/mol. The molecule has 0 heterocycles. The van der Waals surface area contributed by atoms with Crippen molar-refractivity contribution in [1.29, 1.82) is 0 Å². The van der Waals surface area contributed by atoms with E-state index in [0.29, 0.717) is 42.4 Å². The summed E-state index contributed by atoms with van der Waals surface area (Å²) in [6.45, 7) is 3.24. The van der Waals surface area contributed by atoms with Gasteiger partial charge in [-0.3, -0.25) is 9.59 Å². The summed E-state index contributed by atoms with van der Waals surface area (Å²) in [5.74, 6) is -9.51. The first-order chi connectivity index (χ1) is 16.8. The minimum Gasteiger partial charge on any atom is -0.393 e. The van der Waals surface area contributed by atoms with E-state index in [1.54, 1.807) is 24.3 Å². The minimum atomic E-state index is -5.73. The zero-order valence-electron chi connectivity index (χ0n) is 20.2. The standard InChI is InChI=1S/C28H29F5O3/c1-14(34)15-3-5-16(6-4-15)20-13-26(2)21(9-10-23(26)36)25-22(27(29,30)28(31,32)33)12-17-11-18(35)7-8-19(17)24(20)25/h3-6,11,20-23,25,36H,7-10,12-13H2,1-2H3/t20-,21+,22-,23+,25-,26+/m1/s1. The smallest absolute Gasteiger partial charge is 0.393 e. The summed E-state index contributed by atoms with van der Waals surface area (Å²) < 4.78 is 71.9. The van der Waals surface area contributed by atoms with Gasteiger partial charge in [0.05, 0.1) is 6.10 Å². The third-order valence-electron chi connectivity index (χ3n) is 9.30. The van der Waals surface area contributed by atoms with Crippen molar-refractivity contribution in [2.75, 3.05) is 0 Å². The summed E-state index contributed by atoms with van der Waals surface area (Å²) in [7, 11) is 0. The number of hydrogen-bond donors (Lipinski definition) is 1. The fourth-order valence-electron chi connectivity index (χ4n) is 7.48. The molecule has 0 radical (unpaired) electrons. The van der Waals surface area contributed by atoms with Crippen LogP contribution in [0.3, 0.4) is 0 Å². The van der Waals surface area contributed by atoms with Gasteiger partial charge in [-0.25, -0.2) is 0 Å². The van der Waals surface area contributed by atoms with Crippen molar-refractivity contribution in [1.82, 2.24) is 0 Å². The van der Waals surface area contributed by atoms with Crippen molar-refractivity contribution >= 4 is 11.6 Å². The second-order valence-corrected chi connectivity index (χ2v) is 11.2. The Bertz CT molecular complexity index is 1160. The van der Waals surface area contributed by atoms with Crippen molar-refractivity contribution in [3.05, 3.63) is 58.2 Å². The summed E-state index contributed by atoms with van der Waals surface area (Å²) >= 11 is 0. The molecule has 4 aliphatic carbocycles. The lowest BCUT2D eigenvalue weighted by atomic mass is 9.50. The Morgan fingerprint density at radius 2 is 1.72 bits per heavy atom. The lowest BCUT2D eigenvalue weighted by molar-refractivity contribution is -0.311. The van der Waals surface area contributed by atoms with Crippen LogP contribution in [0, 0.1) is 23.2 Å². The highest BCUT2D eigenvalue weighted by Crippen LogP contribution is 2.67. The Labute approximate surface area is 206 Å². The first-order valence-corrected chi connectivity index (χ1v) is 12.5. The molecule has 4 aliphatic rings. The van der Waals surface area contributed by atoms with Crippen LogP contribution in [-0.2, 0) is 4.79 Å². The van der Waals surface area contributed by atoms with E-state index >= 15 is 8.78 Å². The van der Waals surface area contributed by atoms with E-state index in [-0.39, 0.29) is 18.0 Å². The van der Waals surface area contributed by atoms with Crippen LogP contribution in [0.25, 0.3) is 0 Å². The van der Waals surface area contributed by atoms with Crippen molar-refractivity contribution in [3.8, 4) is 0 Å². The summed E-state index contributed by atoms with van der Waals surface area (Å²) in [5, 5.41) is 10.9. The molecule has 0 unspecified atom stereocenters. The number of fused-ring (bicyclic) bond motifs is 4. The summed E-state index contributed by atoms with van der Waals surface area (Å²) in [4.78, 5) is 24.0. The van der Waals surface area contributed by atoms with Gasteiger partial charge in [0.25, 0.3) is 0 Å². The highest BCUT2D eigenvalue weighted by atomic mass is 19.4. The second kappa shape index (κ2) is 8.33. The lowest BCUT2D eigenvalue weighted by Gasteiger charge is -2.55. The first kappa shape index (κ1) is 25.3. The van der Waals surface area contributed by atoms with E-state index in [4.69, 9.17) is 0 Å². The van der Waals surface area contributed by atoms with Gasteiger partial charge in [-0.1, -0.05) is 36.8 Å². The number of ketones is 2. The van der Waals surface area contributed by atoms with E-state index < -0.39 is 53.7 Å². The number of rotatable bonds is 3. The van der Waals surface area contributed by atoms with Crippen LogP contribution < -0.4 is 0 Å². The van der Waals surface area contributed by atoms with E-state index in [0.717, 1.165) is 11.1 Å². The maximum Gasteiger partial charge on any atom is 0.453 e. The van der Waals surface area contributed by atoms with Gasteiger partial charge < -0.3 is 5.11 Å². The van der Waals surface area contributed by atoms with E-state index in [2.05, 4.69) is 0 Å². The zero-order chi connectivity index (χ0) is 26.2. The summed E-state index contributed by atoms with van der Waals surface area (Å²) in [6, 6.07) is 6.76. The van der Waals surface area contributed by atoms with Gasteiger partial charge in [0.15, 0.2) is 11.6 Å². The molecular formula is C28H29F5O3. The molecule has 1 aromatic rings. The molecule has 5 rings (SSSR count). The van der Waals surface area contributed by atoms with Crippen molar-refractivity contribution in [2.24, 2.45) is 23.2 Å². The highest BCUT2D eigenvalue weighted by molar-refractivity contribution is 5.94. The van der Waals surface area contributed by atoms with Crippen molar-refractivity contribution < 1.29 is 36.6 Å². The third-order valence-corrected chi connectivity index (χ3v) is 9.30. The van der Waals surface area contributed by atoms with Gasteiger partial charge in [-0.2, -0.15) is 22.0 Å². The molecule has 3 nitrogen and oxygen atoms in total. The predicted molar refractivity (Wildman–Crippen MR) is 123 cm³/mol. The Hall–Kier alpha value is -2.35. The molecule has 1 aromatic carbocycles. The van der Waals surface area contributed by atoms with Crippen molar-refractivity contribution in [2.45, 2.75) is 76.5 Å². The Morgan fingerprint density at radius 3 is 2.33 bits per heavy atom. The molecule has 2 saturated carbocycles. The average molecular weight is 509 g/mol. The molecule has 0 aromatic heterocycles. The Balaban J connectivity index is 1.75. The molecule has 194 valence electrons. The third kappa shape index (κ3) is 3.70. The number of carbonyl (C=O) groups excluding carboxylic acids is 2. The van der Waals surface area contributed by atoms with Crippen LogP contribution >= 0.6 is 0 Å². The second-order valence-electron chi connectivity index (χ2n) is 11.2. The molecule has 0 spiro atoms. The number of alkyl halides is 5. The number of aliphatic hydroxyl groups excluding tert-OH is 1. The Kier molecular flexibility index (Phi) is 5.86. The number of Topliss-reactive ketones (excluding diaryl/α,β-unsaturated/α-hetero) is 1. The molecule has 0 aliphatic heterocycles. The highest BCUT2D eigenvalue weighted by Gasteiger charge is 2.69. The van der Waals surface area contributed by atoms with Gasteiger partial charge in [-0.15, -0.1) is 0 Å². The topological polar surface area (TPSA) is 54.4 Å². The van der Waals surface area contributed by atoms with Crippen LogP contribution in [-0.4, -0.2) is 34.9 Å². The predicted octanol–water partition coefficient (Wildman–Crippen LogP) is 6.57. The summed E-state index contributed by atoms with van der Waals surface area (Å²) in [5.41, 5.74) is 1.96. The van der Waals surface area contributed by atoms with Gasteiger partial charge >= 0.3 is 12.1 Å². The summed E-state index contributed by atoms with van der Waals surface area (Å²) in [6.07, 6.45) is -4.17. The number of halogens is 5. The van der Waals surface area contributed by atoms with Crippen LogP contribution in [0.4, 0.5) is 22.0 Å². The molecule has 0 amide bonds. The number of allylic oxidation sites excluding steroid dienone is 4. The van der Waals surface area contributed by atoms with Crippen LogP contribution in [0.15, 0.2) is 47.1 Å². The van der Waals surface area contributed by atoms with E-state index in [1.165, 1.54) is 13.0 Å². The van der Waals surface area contributed by atoms with Crippen LogP contribution in [0.2, 0.25) is 0 Å². The number of hydrogen-bond acceptors (Lipinski definition) is 3. The van der Waals surface area contributed by atoms with E-state index in [1.807, 2.05) is 6.92 Å². The zero-order valence-corrected chi connectivity index (χ0v) is 20.2. The SMILES string of the molecule is CC(=O)c1ccc([C@H]2C[C@]3(C)[C@@H](O)CC[C@H]3[C@H]3C2=C2CCC(=O)C=C2C[C@H]3C(F)(F)C(F)(F)F)cc1. The molecule has 1 N–H and O–H groups in total. The quantitative estimate of drug-likeness (QED) is 0.371. The largest absolute Gasteiger partial charge is 0.453 e. The Morgan fingerprint density at radius 1 is 1.06 bits per heavy atom. The van der Waals surface area contributed by atoms with Gasteiger partial charge in [0.1, 0.15) is 0 Å². The number of carbonyl (C=O) groups is 2. The molecule has 0 saturated heterocycles. The fraction of sp³-hybridized carbons (Fsp3) is 0.571. The maximum atomic E-state index is 15.2. The molecule has 2 fully saturated rings. The fourth-order valence-corrected chi connectivity index (χ4v) is 7.48. The first-order valence-electron chi connectivity index (χ1n) is 12.5. The maximum absolute atomic E-state index is 15.2. The van der Waals surface area contributed by atoms with Crippen molar-refractivity contribution in [3.63, 3.8) is 0 Å². The minimum absolute atomic E-state index is 0.137. The lowest BCUT2D eigenvalue weighted by Crippen LogP contribution is -2.55. The van der Waals surface area contributed by atoms with E-state index in [9.17, 15) is 27.9 Å². The molecule has 6 atom stereocenters.